The van der Waals surface area contributed by atoms with Crippen LogP contribution in [0.4, 0.5) is 9.59 Å². The summed E-state index contributed by atoms with van der Waals surface area (Å²) in [7, 11) is -0.605. The van der Waals surface area contributed by atoms with Gasteiger partial charge in [0, 0.05) is 60.5 Å². The number of carbonyl (C=O) groups is 8. The SMILES string of the molecule is C/C=C(\C)[C@@H](O[Si](C)(C)C(C)(C)C)[C@@H](C)CC/C=C(\C)C(=O)O[C@H](CC(C)C)C(=O)N[C@@H](C)C(=O)N(C)[C@H](Cc1ccc(OC(=O)NCCCOCCOCCOCCCNC(=O)OCC[Si](C)(C)C)cc1)C(=O)N(C)CC(=O)N[C@H](C(=O)OCC(Cl)(Cl)Cl)[C@H](C)CC. The van der Waals surface area contributed by atoms with Crippen LogP contribution in [0.25, 0.3) is 0 Å². The number of likely N-dealkylation sites (N-methyl/N-ethyl adjacent to an activating group) is 2. The quantitative estimate of drug-likeness (QED) is 0.00900. The molecule has 0 aromatic heterocycles. The lowest BCUT2D eigenvalue weighted by Gasteiger charge is -2.41. The van der Waals surface area contributed by atoms with Crippen LogP contribution in [0.1, 0.15) is 127 Å². The predicted octanol–water partition coefficient (Wildman–Crippen LogP) is 11.1. The van der Waals surface area contributed by atoms with Gasteiger partial charge >= 0.3 is 24.1 Å². The Morgan fingerprint density at radius 2 is 1.28 bits per heavy atom. The fourth-order valence-electron chi connectivity index (χ4n) is 8.70. The summed E-state index contributed by atoms with van der Waals surface area (Å²) in [4.78, 5) is 110. The number of alkyl carbamates (subject to hydrolysis) is 1. The standard InChI is InChI=1S/C66H113Cl3N6O16Si2/c1-20-46(5)56(62(81)88-44-66(67,68)69)73-55(76)43-74(13)60(79)53(42-51-27-29-52(30-28-51)89-64(83)71-32-24-34-85-36-38-86-37-35-84-33-23-31-70-63(82)87-39-40-92(15,16)17)75(14)59(78)50(9)72-58(77)54(41-45(3)4)90-61(80)49(8)26-22-25-48(7)57(47(6)21-2)91-93(18,19)65(10,11)12/h21,26-30,45-46,48,50,53-54,56-57H,20,22-25,31-44H2,1-19H3,(H,70,82)(H,71,83)(H,72,77)(H,73,76)/b47-21+,49-26+/t46-,48+,50+,53-,54-,56+,57-/m1/s1. The van der Waals surface area contributed by atoms with E-state index in [0.717, 1.165) is 22.9 Å². The third kappa shape index (κ3) is 36.2. The van der Waals surface area contributed by atoms with E-state index in [0.29, 0.717) is 89.6 Å². The lowest BCUT2D eigenvalue weighted by atomic mass is 9.93. The number of ether oxygens (including phenoxy) is 7. The van der Waals surface area contributed by atoms with Crippen LogP contribution in [-0.4, -0.2) is 195 Å². The van der Waals surface area contributed by atoms with E-state index in [4.69, 9.17) is 72.4 Å². The average Bonchev–Trinajstić information content (AvgIpc) is 0.854. The molecule has 7 atom stereocenters. The number of carbonyl (C=O) groups excluding carboxylic acids is 8. The molecule has 0 bridgehead atoms. The molecule has 532 valence electrons. The zero-order chi connectivity index (χ0) is 70.9. The lowest BCUT2D eigenvalue weighted by molar-refractivity contribution is -0.154. The average molecular weight is 1410 g/mol. The minimum atomic E-state index is -2.10. The molecular weight excluding hydrogens is 1300 g/mol. The topological polar surface area (TPSA) is 265 Å². The van der Waals surface area contributed by atoms with Crippen molar-refractivity contribution in [3.8, 4) is 5.75 Å². The third-order valence-corrected chi connectivity index (χ3v) is 22.4. The minimum Gasteiger partial charge on any atom is -0.460 e. The molecule has 0 unspecified atom stereocenters. The van der Waals surface area contributed by atoms with E-state index in [1.165, 1.54) is 38.1 Å². The number of halogens is 3. The Morgan fingerprint density at radius 3 is 1.80 bits per heavy atom. The van der Waals surface area contributed by atoms with E-state index in [9.17, 15) is 38.4 Å². The van der Waals surface area contributed by atoms with E-state index in [1.807, 2.05) is 33.8 Å². The van der Waals surface area contributed by atoms with E-state index in [2.05, 4.69) is 94.7 Å². The highest BCUT2D eigenvalue weighted by atomic mass is 35.6. The molecule has 22 nitrogen and oxygen atoms in total. The molecular formula is C66H113Cl3N6O16Si2. The summed E-state index contributed by atoms with van der Waals surface area (Å²) in [6.07, 6.45) is 4.37. The van der Waals surface area contributed by atoms with Gasteiger partial charge in [0.15, 0.2) is 14.4 Å². The van der Waals surface area contributed by atoms with Gasteiger partial charge in [-0.2, -0.15) is 0 Å². The molecule has 1 rings (SSSR count). The van der Waals surface area contributed by atoms with Gasteiger partial charge in [0.1, 0.15) is 30.5 Å². The number of benzene rings is 1. The normalized spacial score (nSPS) is 14.7. The van der Waals surface area contributed by atoms with Crippen molar-refractivity contribution < 1.29 is 75.9 Å². The number of amides is 6. The van der Waals surface area contributed by atoms with E-state index in [1.54, 1.807) is 26.0 Å². The molecule has 0 heterocycles. The van der Waals surface area contributed by atoms with Crippen molar-refractivity contribution in [1.82, 2.24) is 31.1 Å². The van der Waals surface area contributed by atoms with Crippen molar-refractivity contribution in [3.63, 3.8) is 0 Å². The van der Waals surface area contributed by atoms with Gasteiger partial charge in [-0.05, 0) is 125 Å². The van der Waals surface area contributed by atoms with Crippen LogP contribution in [0.2, 0.25) is 43.8 Å². The van der Waals surface area contributed by atoms with Gasteiger partial charge in [0.2, 0.25) is 21.5 Å². The highest BCUT2D eigenvalue weighted by molar-refractivity contribution is 6.76. The van der Waals surface area contributed by atoms with Gasteiger partial charge in [-0.3, -0.25) is 19.2 Å². The largest absolute Gasteiger partial charge is 0.460 e. The molecule has 0 aliphatic rings. The van der Waals surface area contributed by atoms with Gasteiger partial charge in [-0.25, -0.2) is 19.2 Å². The highest BCUT2D eigenvalue weighted by Crippen LogP contribution is 2.40. The van der Waals surface area contributed by atoms with Crippen molar-refractivity contribution in [2.75, 3.05) is 86.6 Å². The van der Waals surface area contributed by atoms with Gasteiger partial charge in [0.05, 0.1) is 45.7 Å². The molecule has 0 aliphatic carbocycles. The summed E-state index contributed by atoms with van der Waals surface area (Å²) in [5, 5.41) is 10.8. The van der Waals surface area contributed by atoms with Crippen molar-refractivity contribution in [3.05, 3.63) is 53.1 Å². The summed E-state index contributed by atoms with van der Waals surface area (Å²) in [5.41, 5.74) is 2.01. The number of nitrogens with one attached hydrogen (secondary N) is 4. The zero-order valence-electron chi connectivity index (χ0n) is 59.1. The Kier molecular flexibility index (Phi) is 40.2. The molecule has 0 spiro atoms. The second-order valence-corrected chi connectivity index (χ2v) is 39.8. The Bertz CT molecular complexity index is 2540. The highest BCUT2D eigenvalue weighted by Gasteiger charge is 2.41. The molecule has 0 saturated heterocycles. The van der Waals surface area contributed by atoms with Gasteiger partial charge in [0.25, 0.3) is 5.91 Å². The number of hydrogen-bond donors (Lipinski definition) is 4. The first-order valence-corrected chi connectivity index (χ1v) is 40.2. The molecule has 1 aromatic carbocycles. The number of rotatable bonds is 43. The molecule has 0 fully saturated rings. The fourth-order valence-corrected chi connectivity index (χ4v) is 11.0. The van der Waals surface area contributed by atoms with Crippen LogP contribution in [0.3, 0.4) is 0 Å². The molecule has 6 amide bonds. The number of nitrogens with zero attached hydrogens (tertiary/aromatic N) is 2. The van der Waals surface area contributed by atoms with Crippen LogP contribution in [-0.2, 0) is 68.0 Å². The van der Waals surface area contributed by atoms with Crippen LogP contribution in [0.5, 0.6) is 5.75 Å². The van der Waals surface area contributed by atoms with Gasteiger partial charge in [-0.15, -0.1) is 0 Å². The second-order valence-electron chi connectivity index (χ2n) is 26.9. The van der Waals surface area contributed by atoms with Crippen LogP contribution in [0, 0.1) is 17.8 Å². The van der Waals surface area contributed by atoms with Crippen LogP contribution < -0.4 is 26.0 Å². The molecule has 27 heteroatoms. The second kappa shape index (κ2) is 43.4. The van der Waals surface area contributed by atoms with Gasteiger partial charge in [-0.1, -0.05) is 141 Å². The maximum absolute atomic E-state index is 14.6. The Morgan fingerprint density at radius 1 is 0.720 bits per heavy atom. The maximum Gasteiger partial charge on any atom is 0.412 e. The van der Waals surface area contributed by atoms with Crippen LogP contribution >= 0.6 is 34.8 Å². The molecule has 0 radical (unpaired) electrons. The molecule has 0 saturated carbocycles. The first kappa shape index (κ1) is 86.2. The first-order chi connectivity index (χ1) is 43.2. The Labute approximate surface area is 572 Å². The third-order valence-electron chi connectivity index (χ3n) is 15.9. The van der Waals surface area contributed by atoms with Crippen molar-refractivity contribution in [2.45, 2.75) is 206 Å². The minimum absolute atomic E-state index is 0.0238. The Balaban J connectivity index is 3.12. The first-order valence-electron chi connectivity index (χ1n) is 32.4. The van der Waals surface area contributed by atoms with Crippen molar-refractivity contribution >= 4 is 98.9 Å². The summed E-state index contributed by atoms with van der Waals surface area (Å²) >= 11 is 17.4. The Hall–Kier alpha value is -4.80. The van der Waals surface area contributed by atoms with E-state index < -0.39 is 111 Å². The van der Waals surface area contributed by atoms with Crippen LogP contribution in [0.15, 0.2) is 47.6 Å². The number of hydrogen-bond acceptors (Lipinski definition) is 16. The van der Waals surface area contributed by atoms with Crippen molar-refractivity contribution in [1.29, 1.82) is 0 Å². The summed E-state index contributed by atoms with van der Waals surface area (Å²) in [6.45, 7) is 36.7. The molecule has 93 heavy (non-hydrogen) atoms. The van der Waals surface area contributed by atoms with E-state index >= 15 is 0 Å². The molecule has 1 aromatic rings. The molecule has 0 aliphatic heterocycles. The number of alkyl halides is 3. The smallest absolute Gasteiger partial charge is 0.412 e. The molecule has 4 N–H and O–H groups in total. The predicted molar refractivity (Wildman–Crippen MR) is 371 cm³/mol. The summed E-state index contributed by atoms with van der Waals surface area (Å²) in [6, 6.07) is 3.52. The number of allylic oxidation sites excluding steroid dienone is 2. The summed E-state index contributed by atoms with van der Waals surface area (Å²) in [5.74, 6) is -4.48. The van der Waals surface area contributed by atoms with Gasteiger partial charge < -0.3 is 68.7 Å². The summed E-state index contributed by atoms with van der Waals surface area (Å²) < 4.78 is 43.4. The monoisotopic (exact) mass is 1410 g/mol. The zero-order valence-corrected chi connectivity index (χ0v) is 63.3. The lowest BCUT2D eigenvalue weighted by Crippen LogP contribution is -2.56. The number of esters is 2. The van der Waals surface area contributed by atoms with Crippen molar-refractivity contribution in [2.24, 2.45) is 17.8 Å². The fraction of sp³-hybridized carbons (Fsp3) is 0.727. The van der Waals surface area contributed by atoms with E-state index in [-0.39, 0.29) is 48.1 Å². The maximum atomic E-state index is 14.6.